The summed E-state index contributed by atoms with van der Waals surface area (Å²) < 4.78 is 0. The van der Waals surface area contributed by atoms with Crippen LogP contribution in [0.4, 0.5) is 11.6 Å². The smallest absolute Gasteiger partial charge is 0.135 e. The number of rotatable bonds is 8. The van der Waals surface area contributed by atoms with E-state index in [2.05, 4.69) is 69.1 Å². The van der Waals surface area contributed by atoms with Gasteiger partial charge in [0, 0.05) is 18.7 Å². The van der Waals surface area contributed by atoms with Crippen LogP contribution in [-0.4, -0.2) is 23.1 Å². The van der Waals surface area contributed by atoms with Crippen LogP contribution in [0.5, 0.6) is 0 Å². The molecule has 0 fully saturated rings. The Balaban J connectivity index is 2.96. The van der Waals surface area contributed by atoms with Crippen molar-refractivity contribution in [3.63, 3.8) is 0 Å². The Kier molecular flexibility index (Phi) is 6.43. The first-order valence-corrected chi connectivity index (χ1v) is 8.12. The molecule has 2 N–H and O–H groups in total. The van der Waals surface area contributed by atoms with Crippen molar-refractivity contribution in [2.45, 2.75) is 60.8 Å². The van der Waals surface area contributed by atoms with Gasteiger partial charge >= 0.3 is 0 Å². The molecule has 120 valence electrons. The topological polar surface area (TPSA) is 49.8 Å². The van der Waals surface area contributed by atoms with Crippen LogP contribution in [-0.2, 0) is 0 Å². The molecule has 0 aromatic carbocycles. The van der Waals surface area contributed by atoms with Crippen LogP contribution in [0.15, 0.2) is 6.33 Å². The zero-order valence-electron chi connectivity index (χ0n) is 14.7. The van der Waals surface area contributed by atoms with E-state index in [1.54, 1.807) is 6.33 Å². The maximum atomic E-state index is 4.47. The van der Waals surface area contributed by atoms with Crippen LogP contribution in [0.2, 0.25) is 0 Å². The van der Waals surface area contributed by atoms with Crippen molar-refractivity contribution in [1.29, 1.82) is 0 Å². The maximum absolute atomic E-state index is 4.47. The van der Waals surface area contributed by atoms with Gasteiger partial charge in [-0.3, -0.25) is 0 Å². The zero-order chi connectivity index (χ0) is 16.0. The van der Waals surface area contributed by atoms with E-state index < -0.39 is 0 Å². The average molecular weight is 292 g/mol. The molecule has 21 heavy (non-hydrogen) atoms. The monoisotopic (exact) mass is 292 g/mol. The van der Waals surface area contributed by atoms with Gasteiger partial charge in [0.05, 0.1) is 0 Å². The second kappa shape index (κ2) is 7.62. The van der Waals surface area contributed by atoms with Crippen LogP contribution < -0.4 is 10.6 Å². The molecule has 0 amide bonds. The molecule has 4 nitrogen and oxygen atoms in total. The van der Waals surface area contributed by atoms with Crippen LogP contribution >= 0.6 is 0 Å². The quantitative estimate of drug-likeness (QED) is 0.740. The standard InChI is InChI=1S/C17H32N4/c1-8-9-18-15-14(12(2)3)16(21-11-20-15)19-10-17(6,7)13(4)5/h11-13H,8-10H2,1-7H3,(H2,18,19,20,21). The third kappa shape index (κ3) is 4.87. The van der Waals surface area contributed by atoms with E-state index in [-0.39, 0.29) is 5.41 Å². The lowest BCUT2D eigenvalue weighted by Crippen LogP contribution is -2.29. The molecule has 0 bridgehead atoms. The lowest BCUT2D eigenvalue weighted by Gasteiger charge is -2.30. The van der Waals surface area contributed by atoms with Crippen LogP contribution in [0.25, 0.3) is 0 Å². The van der Waals surface area contributed by atoms with Gasteiger partial charge in [-0.2, -0.15) is 0 Å². The highest BCUT2D eigenvalue weighted by Gasteiger charge is 2.23. The molecule has 0 radical (unpaired) electrons. The van der Waals surface area contributed by atoms with Crippen molar-refractivity contribution in [3.8, 4) is 0 Å². The van der Waals surface area contributed by atoms with Gasteiger partial charge in [0.1, 0.15) is 18.0 Å². The molecule has 4 heteroatoms. The van der Waals surface area contributed by atoms with Crippen molar-refractivity contribution in [2.24, 2.45) is 11.3 Å². The summed E-state index contributed by atoms with van der Waals surface area (Å²) in [5.74, 6) is 2.93. The van der Waals surface area contributed by atoms with E-state index >= 15 is 0 Å². The summed E-state index contributed by atoms with van der Waals surface area (Å²) in [6.45, 7) is 17.5. The first-order valence-electron chi connectivity index (χ1n) is 8.12. The second-order valence-electron chi connectivity index (χ2n) is 7.06. The van der Waals surface area contributed by atoms with Gasteiger partial charge in [-0.1, -0.05) is 48.5 Å². The third-order valence-corrected chi connectivity index (χ3v) is 4.28. The van der Waals surface area contributed by atoms with E-state index in [9.17, 15) is 0 Å². The van der Waals surface area contributed by atoms with Gasteiger partial charge in [0.25, 0.3) is 0 Å². The predicted octanol–water partition coefficient (Wildman–Crippen LogP) is 4.52. The van der Waals surface area contributed by atoms with Crippen molar-refractivity contribution in [2.75, 3.05) is 23.7 Å². The largest absolute Gasteiger partial charge is 0.370 e. The summed E-state index contributed by atoms with van der Waals surface area (Å²) in [5.41, 5.74) is 1.42. The molecule has 0 aliphatic heterocycles. The lowest BCUT2D eigenvalue weighted by atomic mass is 9.81. The number of aromatic nitrogens is 2. The van der Waals surface area contributed by atoms with Gasteiger partial charge in [-0.15, -0.1) is 0 Å². The zero-order valence-corrected chi connectivity index (χ0v) is 14.7. The fourth-order valence-electron chi connectivity index (χ4n) is 1.98. The first-order chi connectivity index (χ1) is 9.79. The summed E-state index contributed by atoms with van der Waals surface area (Å²) in [4.78, 5) is 8.88. The third-order valence-electron chi connectivity index (χ3n) is 4.28. The van der Waals surface area contributed by atoms with E-state index in [0.29, 0.717) is 11.8 Å². The van der Waals surface area contributed by atoms with Crippen LogP contribution in [0.3, 0.4) is 0 Å². The Morgan fingerprint density at radius 2 is 1.62 bits per heavy atom. The van der Waals surface area contributed by atoms with Gasteiger partial charge in [-0.05, 0) is 23.7 Å². The second-order valence-corrected chi connectivity index (χ2v) is 7.06. The minimum atomic E-state index is 0.232. The summed E-state index contributed by atoms with van der Waals surface area (Å²) in [5, 5.41) is 6.96. The van der Waals surface area contributed by atoms with Crippen molar-refractivity contribution >= 4 is 11.6 Å². The molecular weight excluding hydrogens is 260 g/mol. The molecule has 0 aliphatic rings. The highest BCUT2D eigenvalue weighted by molar-refractivity contribution is 5.59. The Morgan fingerprint density at radius 1 is 1.05 bits per heavy atom. The Labute approximate surface area is 130 Å². The maximum Gasteiger partial charge on any atom is 0.135 e. The summed E-state index contributed by atoms with van der Waals surface area (Å²) >= 11 is 0. The van der Waals surface area contributed by atoms with E-state index in [0.717, 1.165) is 31.1 Å². The summed E-state index contributed by atoms with van der Waals surface area (Å²) in [7, 11) is 0. The van der Waals surface area contributed by atoms with E-state index in [4.69, 9.17) is 0 Å². The molecule has 1 heterocycles. The lowest BCUT2D eigenvalue weighted by molar-refractivity contribution is 0.269. The van der Waals surface area contributed by atoms with Crippen molar-refractivity contribution in [1.82, 2.24) is 9.97 Å². The van der Waals surface area contributed by atoms with Crippen LogP contribution in [0.1, 0.15) is 66.4 Å². The number of hydrogen-bond donors (Lipinski definition) is 2. The molecule has 1 aromatic rings. The number of hydrogen-bond acceptors (Lipinski definition) is 4. The predicted molar refractivity (Wildman–Crippen MR) is 92.0 cm³/mol. The number of nitrogens with one attached hydrogen (secondary N) is 2. The Hall–Kier alpha value is -1.32. The van der Waals surface area contributed by atoms with Gasteiger partial charge in [-0.25, -0.2) is 9.97 Å². The van der Waals surface area contributed by atoms with E-state index in [1.165, 1.54) is 5.56 Å². The highest BCUT2D eigenvalue weighted by Crippen LogP contribution is 2.31. The fraction of sp³-hybridized carbons (Fsp3) is 0.765. The van der Waals surface area contributed by atoms with E-state index in [1.807, 2.05) is 0 Å². The van der Waals surface area contributed by atoms with Gasteiger partial charge in [0.2, 0.25) is 0 Å². The Morgan fingerprint density at radius 3 is 2.10 bits per heavy atom. The number of anilines is 2. The fourth-order valence-corrected chi connectivity index (χ4v) is 1.98. The highest BCUT2D eigenvalue weighted by atomic mass is 15.1. The van der Waals surface area contributed by atoms with Crippen LogP contribution in [0, 0.1) is 11.3 Å². The minimum absolute atomic E-state index is 0.232. The first kappa shape index (κ1) is 17.7. The molecule has 0 aliphatic carbocycles. The molecule has 0 unspecified atom stereocenters. The molecule has 0 saturated heterocycles. The molecule has 0 atom stereocenters. The normalized spacial score (nSPS) is 12.0. The molecule has 1 aromatic heterocycles. The number of nitrogens with zero attached hydrogens (tertiary/aromatic N) is 2. The van der Waals surface area contributed by atoms with Gasteiger partial charge < -0.3 is 10.6 Å². The van der Waals surface area contributed by atoms with Gasteiger partial charge in [0.15, 0.2) is 0 Å². The minimum Gasteiger partial charge on any atom is -0.370 e. The summed E-state index contributed by atoms with van der Waals surface area (Å²) in [6.07, 6.45) is 2.74. The molecule has 1 rings (SSSR count). The van der Waals surface area contributed by atoms with Crippen molar-refractivity contribution in [3.05, 3.63) is 11.9 Å². The molecule has 0 spiro atoms. The Bertz CT molecular complexity index is 438. The SMILES string of the molecule is CCCNc1ncnc(NCC(C)(C)C(C)C)c1C(C)C. The van der Waals surface area contributed by atoms with Crippen molar-refractivity contribution < 1.29 is 0 Å². The summed E-state index contributed by atoms with van der Waals surface area (Å²) in [6, 6.07) is 0. The molecule has 0 saturated carbocycles. The molecular formula is C17H32N4. The average Bonchev–Trinajstić information content (AvgIpc) is 2.42.